The molecule has 0 saturated carbocycles. The molecule has 12 heteroatoms. The lowest BCUT2D eigenvalue weighted by Crippen LogP contribution is -2.05. The van der Waals surface area contributed by atoms with E-state index in [9.17, 15) is 0 Å². The van der Waals surface area contributed by atoms with Crippen LogP contribution in [0.15, 0.2) is 461 Å². The summed E-state index contributed by atoms with van der Waals surface area (Å²) in [6, 6.07) is 164. The van der Waals surface area contributed by atoms with E-state index >= 15 is 0 Å². The molecule has 19 aromatic carbocycles. The van der Waals surface area contributed by atoms with E-state index in [1.807, 2.05) is 78.9 Å². The third-order valence-corrected chi connectivity index (χ3v) is 26.1. The number of para-hydroxylation sites is 11. The van der Waals surface area contributed by atoms with Gasteiger partial charge in [0.15, 0.2) is 34.9 Å². The number of nitrogens with zero attached hydrogens (tertiary/aromatic N) is 12. The molecule has 8 aromatic heterocycles. The molecule has 0 aliphatic heterocycles. The van der Waals surface area contributed by atoms with Gasteiger partial charge in [0.1, 0.15) is 0 Å². The van der Waals surface area contributed by atoms with Crippen LogP contribution in [0.5, 0.6) is 0 Å². The Hall–Kier alpha value is -18.0. The predicted molar refractivity (Wildman–Crippen MR) is 544 cm³/mol. The second kappa shape index (κ2) is 31.0. The smallest absolute Gasteiger partial charge is 0.164 e. The van der Waals surface area contributed by atoms with Crippen LogP contribution in [0.2, 0.25) is 0 Å². The van der Waals surface area contributed by atoms with Crippen LogP contribution in [-0.4, -0.2) is 57.3 Å². The second-order valence-electron chi connectivity index (χ2n) is 33.7. The highest BCUT2D eigenvalue weighted by molar-refractivity contribution is 6.16. The normalized spacial score (nSPS) is 11.8. The van der Waals surface area contributed by atoms with Gasteiger partial charge in [0.05, 0.1) is 66.2 Å². The van der Waals surface area contributed by atoms with Crippen molar-refractivity contribution in [3.8, 4) is 114 Å². The van der Waals surface area contributed by atoms with Gasteiger partial charge in [-0.25, -0.2) is 29.9 Å². The number of aromatic nitrogens is 12. The highest BCUT2D eigenvalue weighted by Gasteiger charge is 2.26. The molecule has 0 saturated heterocycles. The average Bonchev–Trinajstić information content (AvgIpc) is 1.58. The Morgan fingerprint density at radius 2 is 0.280 bits per heavy atom. The Kier molecular flexibility index (Phi) is 17.7. The van der Waals surface area contributed by atoms with Crippen molar-refractivity contribution < 1.29 is 0 Å². The van der Waals surface area contributed by atoms with Crippen molar-refractivity contribution in [2.45, 2.75) is 0 Å². The fraction of sp³-hybridized carbons (Fsp3) is 0. The molecular weight excluding hydrogens is 1610 g/mol. The molecule has 0 fully saturated rings. The molecule has 0 bridgehead atoms. The summed E-state index contributed by atoms with van der Waals surface area (Å²) in [5.74, 6) is 3.65. The summed E-state index contributed by atoms with van der Waals surface area (Å²) in [6.07, 6.45) is 0. The number of benzene rings is 19. The van der Waals surface area contributed by atoms with Crippen molar-refractivity contribution in [2.24, 2.45) is 0 Å². The minimum Gasteiger partial charge on any atom is -0.309 e. The van der Waals surface area contributed by atoms with Crippen molar-refractivity contribution >= 4 is 131 Å². The highest BCUT2D eigenvalue weighted by Crippen LogP contribution is 2.45. The Morgan fingerprint density at radius 1 is 0.106 bits per heavy atom. The zero-order valence-electron chi connectivity index (χ0n) is 71.2. The SMILES string of the molecule is c1ccc(-c2nc(-c3cc(-n4c5ccccc5c5ccccc54)cc(-n4c5ccccc5c5ccccc54)c3)nc(-c3cc(-n4c5ccccc5c5ccccc54)cc(-n4c5ccccc5c5ccccc54)c3)n2)cc1.c1ccc(-c2nc(-c3ccccc3)nc(-c3ccc(-n4c5ccccc5c5cc(-c6ccc7c(c6)c6ccccc6n7-c6ccccc6)ccc54)cc3)n2)cc1. The van der Waals surface area contributed by atoms with Crippen LogP contribution >= 0.6 is 0 Å². The lowest BCUT2D eigenvalue weighted by molar-refractivity contribution is 1.06. The van der Waals surface area contributed by atoms with Crippen LogP contribution in [0.4, 0.5) is 0 Å². The van der Waals surface area contributed by atoms with Gasteiger partial charge in [-0.15, -0.1) is 0 Å². The number of rotatable bonds is 13. The van der Waals surface area contributed by atoms with E-state index in [-0.39, 0.29) is 0 Å². The molecule has 27 aromatic rings. The fourth-order valence-corrected chi connectivity index (χ4v) is 20.3. The maximum Gasteiger partial charge on any atom is 0.164 e. The molecule has 12 nitrogen and oxygen atoms in total. The van der Waals surface area contributed by atoms with E-state index in [1.165, 1.54) is 86.8 Å². The fourth-order valence-electron chi connectivity index (χ4n) is 20.3. The van der Waals surface area contributed by atoms with Gasteiger partial charge in [0, 0.05) is 132 Å². The van der Waals surface area contributed by atoms with Crippen molar-refractivity contribution in [1.82, 2.24) is 57.3 Å². The Labute approximate surface area is 757 Å². The van der Waals surface area contributed by atoms with E-state index in [2.05, 4.69) is 410 Å². The highest BCUT2D eigenvalue weighted by atomic mass is 15.1. The molecule has 616 valence electrons. The van der Waals surface area contributed by atoms with Gasteiger partial charge >= 0.3 is 0 Å². The molecule has 27 rings (SSSR count). The molecule has 0 aliphatic carbocycles. The molecule has 0 spiro atoms. The van der Waals surface area contributed by atoms with E-state index in [0.29, 0.717) is 34.9 Å². The van der Waals surface area contributed by atoms with Crippen LogP contribution in [-0.2, 0) is 0 Å². The van der Waals surface area contributed by atoms with Gasteiger partial charge in [-0.3, -0.25) is 0 Å². The molecule has 0 N–H and O–H groups in total. The third kappa shape index (κ3) is 12.5. The summed E-state index contributed by atoms with van der Waals surface area (Å²) in [7, 11) is 0. The Bertz CT molecular complexity index is 8450. The Morgan fingerprint density at radius 3 is 0.530 bits per heavy atom. The summed E-state index contributed by atoms with van der Waals surface area (Å²) in [6.45, 7) is 0. The first-order chi connectivity index (χ1) is 65.5. The lowest BCUT2D eigenvalue weighted by Gasteiger charge is -2.17. The summed E-state index contributed by atoms with van der Waals surface area (Å²) >= 11 is 0. The average molecular weight is 1690 g/mol. The van der Waals surface area contributed by atoms with Gasteiger partial charge in [0.25, 0.3) is 0 Å². The number of hydrogen-bond donors (Lipinski definition) is 0. The van der Waals surface area contributed by atoms with E-state index < -0.39 is 0 Å². The zero-order valence-corrected chi connectivity index (χ0v) is 71.2. The first kappa shape index (κ1) is 75.3. The molecule has 0 unspecified atom stereocenters. The van der Waals surface area contributed by atoms with Crippen LogP contribution < -0.4 is 0 Å². The quantitative estimate of drug-likeness (QED) is 0.114. The standard InChI is InChI=1S/C69H43N7.C51H33N5/c1-2-20-44(21-3-1)67-70-68(45-38-47(73-59-30-12-4-22-51(59)52-23-5-13-31-60(52)73)42-48(39-45)74-61-32-14-6-24-53(61)54-25-7-15-33-62(54)74)72-69(71-67)46-40-49(75-63-34-16-8-26-55(63)56-27-9-17-35-64(56)75)43-50(41-46)76-65-36-18-10-28-57(65)58-29-11-19-37-66(58)76;1-4-14-34(15-5-1)49-52-50(35-16-6-2-7-17-35)54-51(53-49)36-24-28-40(29-25-36)56-46-23-13-11-21-42(46)44-33-38(27-31-48(44)56)37-26-30-47-43(32-37)41-20-10-12-22-45(41)55(47)39-18-8-3-9-19-39/h1-43H;1-33H. The van der Waals surface area contributed by atoms with Crippen molar-refractivity contribution in [3.05, 3.63) is 461 Å². The molecule has 0 radical (unpaired) electrons. The molecule has 0 amide bonds. The summed E-state index contributed by atoms with van der Waals surface area (Å²) in [4.78, 5) is 31.3. The van der Waals surface area contributed by atoms with Crippen LogP contribution in [0.3, 0.4) is 0 Å². The second-order valence-corrected chi connectivity index (χ2v) is 33.7. The number of fused-ring (bicyclic) bond motifs is 18. The van der Waals surface area contributed by atoms with Crippen LogP contribution in [0.1, 0.15) is 0 Å². The Balaban J connectivity index is 0.000000145. The van der Waals surface area contributed by atoms with Crippen LogP contribution in [0.25, 0.3) is 244 Å². The maximum absolute atomic E-state index is 5.63. The van der Waals surface area contributed by atoms with Crippen molar-refractivity contribution in [3.63, 3.8) is 0 Å². The maximum atomic E-state index is 5.63. The monoisotopic (exact) mass is 1680 g/mol. The van der Waals surface area contributed by atoms with E-state index in [4.69, 9.17) is 29.9 Å². The molecule has 0 atom stereocenters. The predicted octanol–water partition coefficient (Wildman–Crippen LogP) is 30.0. The van der Waals surface area contributed by atoms with Gasteiger partial charge in [0.2, 0.25) is 0 Å². The minimum absolute atomic E-state index is 0.564. The van der Waals surface area contributed by atoms with Crippen molar-refractivity contribution in [1.29, 1.82) is 0 Å². The van der Waals surface area contributed by atoms with Gasteiger partial charge < -0.3 is 27.4 Å². The zero-order chi connectivity index (χ0) is 86.9. The number of hydrogen-bond acceptors (Lipinski definition) is 6. The first-order valence-corrected chi connectivity index (χ1v) is 44.6. The third-order valence-electron chi connectivity index (χ3n) is 26.1. The van der Waals surface area contributed by atoms with Crippen molar-refractivity contribution in [2.75, 3.05) is 0 Å². The molecular formula is C120H76N12. The minimum atomic E-state index is 0.564. The van der Waals surface area contributed by atoms with E-state index in [0.717, 1.165) is 123 Å². The largest absolute Gasteiger partial charge is 0.309 e. The first-order valence-electron chi connectivity index (χ1n) is 44.6. The van der Waals surface area contributed by atoms with Gasteiger partial charge in [-0.2, -0.15) is 0 Å². The molecule has 8 heterocycles. The summed E-state index contributed by atoms with van der Waals surface area (Å²) in [5.41, 5.74) is 27.7. The van der Waals surface area contributed by atoms with E-state index in [1.54, 1.807) is 0 Å². The summed E-state index contributed by atoms with van der Waals surface area (Å²) in [5, 5.41) is 14.5. The summed E-state index contributed by atoms with van der Waals surface area (Å²) < 4.78 is 14.3. The molecule has 132 heavy (non-hydrogen) atoms. The molecule has 0 aliphatic rings. The lowest BCUT2D eigenvalue weighted by atomic mass is 10.0. The van der Waals surface area contributed by atoms with Crippen LogP contribution in [0, 0.1) is 0 Å². The van der Waals surface area contributed by atoms with Gasteiger partial charge in [-0.1, -0.05) is 303 Å². The van der Waals surface area contributed by atoms with Gasteiger partial charge in [-0.05, 0) is 169 Å². The topological polar surface area (TPSA) is 107 Å².